The zero-order chi connectivity index (χ0) is 24.2. The summed E-state index contributed by atoms with van der Waals surface area (Å²) in [5.74, 6) is 0. The lowest BCUT2D eigenvalue weighted by atomic mass is 10.2. The first-order valence-electron chi connectivity index (χ1n) is 10.4. The fourth-order valence-corrected chi connectivity index (χ4v) is 10.5. The van der Waals surface area contributed by atoms with Crippen molar-refractivity contribution in [1.82, 2.24) is 0 Å². The summed E-state index contributed by atoms with van der Waals surface area (Å²) < 4.78 is 38.9. The highest BCUT2D eigenvalue weighted by atomic mass is 31.2. The van der Waals surface area contributed by atoms with Gasteiger partial charge in [-0.2, -0.15) is 0 Å². The van der Waals surface area contributed by atoms with E-state index in [1.807, 2.05) is 39.3 Å². The van der Waals surface area contributed by atoms with Crippen LogP contribution in [0.2, 0.25) is 78.6 Å². The van der Waals surface area contributed by atoms with Crippen molar-refractivity contribution in [1.29, 1.82) is 0 Å². The van der Waals surface area contributed by atoms with Crippen molar-refractivity contribution in [3.8, 4) is 0 Å². The van der Waals surface area contributed by atoms with Crippen molar-refractivity contribution in [2.45, 2.75) is 103 Å². The van der Waals surface area contributed by atoms with E-state index in [0.717, 1.165) is 6.42 Å². The standard InChI is InChI=1S/C11H26O4Si2.C6H19O4PSi2/c1-16(2,3)14-9-7-11(13-10(9)8-12)15-17(4,5)6;1-12(2,3)9-11(7,8)10-13(4,5)6/h9-12H,7-8H2,1-6H3;1-6H3,(H,7,8)/p-1/t9-,10+,11?;/m0./s1. The van der Waals surface area contributed by atoms with Crippen LogP contribution >= 0.6 is 7.82 Å². The Kier molecular flexibility index (Phi) is 11.6. The van der Waals surface area contributed by atoms with Crippen molar-refractivity contribution in [3.63, 3.8) is 0 Å². The zero-order valence-electron chi connectivity index (χ0n) is 20.9. The normalized spacial score (nSPS) is 23.9. The predicted octanol–water partition coefficient (Wildman–Crippen LogP) is 4.32. The van der Waals surface area contributed by atoms with Crippen LogP contribution in [-0.4, -0.2) is 63.5 Å². The van der Waals surface area contributed by atoms with Gasteiger partial charge in [0.2, 0.25) is 7.82 Å². The maximum absolute atomic E-state index is 11.3. The van der Waals surface area contributed by atoms with Crippen molar-refractivity contribution in [2.24, 2.45) is 0 Å². The molecule has 1 saturated heterocycles. The van der Waals surface area contributed by atoms with Crippen LogP contribution in [0.1, 0.15) is 6.42 Å². The molecule has 13 heteroatoms. The molecular formula is C17H44O8PSi4-. The van der Waals surface area contributed by atoms with Gasteiger partial charge in [0.25, 0.3) is 0 Å². The summed E-state index contributed by atoms with van der Waals surface area (Å²) in [5, 5.41) is 9.32. The highest BCUT2D eigenvalue weighted by Crippen LogP contribution is 2.44. The van der Waals surface area contributed by atoms with Crippen LogP contribution in [0, 0.1) is 0 Å². The third-order valence-electron chi connectivity index (χ3n) is 3.11. The number of phosphoric acid groups is 1. The fraction of sp³-hybridized carbons (Fsp3) is 1.00. The third kappa shape index (κ3) is 16.5. The molecule has 1 fully saturated rings. The average molecular weight is 520 g/mol. The maximum Gasteiger partial charge on any atom is 0.248 e. The molecule has 1 aliphatic heterocycles. The van der Waals surface area contributed by atoms with Gasteiger partial charge >= 0.3 is 0 Å². The van der Waals surface area contributed by atoms with Crippen LogP contribution in [-0.2, 0) is 26.6 Å². The van der Waals surface area contributed by atoms with E-state index in [9.17, 15) is 14.6 Å². The summed E-state index contributed by atoms with van der Waals surface area (Å²) in [4.78, 5) is 11.3. The Balaban J connectivity index is 0.000000584. The number of hydrogen-bond acceptors (Lipinski definition) is 8. The maximum atomic E-state index is 11.3. The first-order chi connectivity index (χ1) is 13.0. The summed E-state index contributed by atoms with van der Waals surface area (Å²) >= 11 is 0. The Morgan fingerprint density at radius 2 is 1.23 bits per heavy atom. The summed E-state index contributed by atoms with van der Waals surface area (Å²) in [6, 6.07) is 0. The molecule has 3 atom stereocenters. The second-order valence-electron chi connectivity index (χ2n) is 11.4. The molecule has 182 valence electrons. The van der Waals surface area contributed by atoms with Crippen LogP contribution in [0.5, 0.6) is 0 Å². The quantitative estimate of drug-likeness (QED) is 0.354. The Hall–Kier alpha value is 0.818. The second kappa shape index (κ2) is 11.3. The molecular weight excluding hydrogens is 475 g/mol. The van der Waals surface area contributed by atoms with Gasteiger partial charge in [-0.15, -0.1) is 0 Å². The molecule has 1 heterocycles. The first-order valence-corrected chi connectivity index (χ1v) is 25.5. The summed E-state index contributed by atoms with van der Waals surface area (Å²) in [7, 11) is -11.4. The molecule has 1 unspecified atom stereocenters. The molecule has 30 heavy (non-hydrogen) atoms. The van der Waals surface area contributed by atoms with E-state index in [1.165, 1.54) is 0 Å². The zero-order valence-corrected chi connectivity index (χ0v) is 25.8. The first kappa shape index (κ1) is 30.8. The lowest BCUT2D eigenvalue weighted by molar-refractivity contribution is -0.210. The van der Waals surface area contributed by atoms with Gasteiger partial charge in [0.05, 0.1) is 12.7 Å². The Morgan fingerprint density at radius 3 is 1.53 bits per heavy atom. The topological polar surface area (TPSA) is 107 Å². The van der Waals surface area contributed by atoms with Crippen molar-refractivity contribution < 1.29 is 36.6 Å². The van der Waals surface area contributed by atoms with E-state index in [4.69, 9.17) is 22.0 Å². The molecule has 0 aromatic rings. The van der Waals surface area contributed by atoms with E-state index in [-0.39, 0.29) is 25.1 Å². The van der Waals surface area contributed by atoms with Gasteiger partial charge in [-0.25, -0.2) is 0 Å². The Morgan fingerprint density at radius 1 is 0.833 bits per heavy atom. The monoisotopic (exact) mass is 519 g/mol. The number of ether oxygens (including phenoxy) is 1. The van der Waals surface area contributed by atoms with Gasteiger partial charge in [-0.3, -0.25) is 4.57 Å². The van der Waals surface area contributed by atoms with E-state index >= 15 is 0 Å². The number of aliphatic hydroxyl groups excluding tert-OH is 1. The van der Waals surface area contributed by atoms with E-state index in [1.54, 1.807) is 0 Å². The smallest absolute Gasteiger partial charge is 0.248 e. The van der Waals surface area contributed by atoms with Crippen molar-refractivity contribution in [2.75, 3.05) is 6.61 Å². The van der Waals surface area contributed by atoms with Crippen LogP contribution in [0.25, 0.3) is 0 Å². The second-order valence-corrected chi connectivity index (χ2v) is 31.1. The van der Waals surface area contributed by atoms with Gasteiger partial charge in [-0.05, 0) is 78.6 Å². The highest BCUT2D eigenvalue weighted by molar-refractivity contribution is 7.49. The van der Waals surface area contributed by atoms with Crippen molar-refractivity contribution >= 4 is 41.1 Å². The van der Waals surface area contributed by atoms with Gasteiger partial charge in [0, 0.05) is 6.42 Å². The SMILES string of the molecule is C[Si](C)(C)OC1C[C@H](O[Si](C)(C)C)[C@@H](CO)O1.C[Si](C)(C)OP(=O)([O-])O[Si](C)(C)C. The number of hydrogen-bond donors (Lipinski definition) is 1. The average Bonchev–Trinajstić information content (AvgIpc) is 2.70. The molecule has 0 spiro atoms. The summed E-state index contributed by atoms with van der Waals surface area (Å²) in [6.07, 6.45) is 0.274. The van der Waals surface area contributed by atoms with E-state index in [0.29, 0.717) is 0 Å². The van der Waals surface area contributed by atoms with Crippen LogP contribution in [0.15, 0.2) is 0 Å². The molecule has 0 aromatic heterocycles. The summed E-state index contributed by atoms with van der Waals surface area (Å²) in [5.41, 5.74) is 0. The largest absolute Gasteiger partial charge is 0.757 e. The molecule has 0 aromatic carbocycles. The highest BCUT2D eigenvalue weighted by Gasteiger charge is 2.40. The molecule has 1 aliphatic rings. The molecule has 1 rings (SSSR count). The van der Waals surface area contributed by atoms with Gasteiger partial charge in [0.1, 0.15) is 6.10 Å². The molecule has 0 saturated carbocycles. The molecule has 0 radical (unpaired) electrons. The minimum atomic E-state index is -4.06. The van der Waals surface area contributed by atoms with E-state index < -0.39 is 41.1 Å². The van der Waals surface area contributed by atoms with Crippen LogP contribution in [0.3, 0.4) is 0 Å². The van der Waals surface area contributed by atoms with Gasteiger partial charge in [-0.1, -0.05) is 0 Å². The lowest BCUT2D eigenvalue weighted by Gasteiger charge is -2.34. The van der Waals surface area contributed by atoms with Gasteiger partial charge < -0.3 is 32.0 Å². The number of aliphatic hydroxyl groups is 1. The summed E-state index contributed by atoms with van der Waals surface area (Å²) in [6.45, 7) is 23.7. The number of rotatable bonds is 9. The third-order valence-corrected chi connectivity index (χ3v) is 11.3. The Bertz CT molecular complexity index is 546. The van der Waals surface area contributed by atoms with E-state index in [2.05, 4.69) is 39.3 Å². The molecule has 0 amide bonds. The fourth-order valence-electron chi connectivity index (χ4n) is 2.58. The van der Waals surface area contributed by atoms with Crippen LogP contribution in [0.4, 0.5) is 0 Å². The molecule has 8 nitrogen and oxygen atoms in total. The molecule has 0 bridgehead atoms. The molecule has 0 aliphatic carbocycles. The Labute approximate surface area is 187 Å². The van der Waals surface area contributed by atoms with Crippen molar-refractivity contribution in [3.05, 3.63) is 0 Å². The van der Waals surface area contributed by atoms with Crippen LogP contribution < -0.4 is 4.89 Å². The lowest BCUT2D eigenvalue weighted by Crippen LogP contribution is -2.37. The predicted molar refractivity (Wildman–Crippen MR) is 129 cm³/mol. The molecule has 1 N–H and O–H groups in total. The van der Waals surface area contributed by atoms with Gasteiger partial charge in [0.15, 0.2) is 39.6 Å². The minimum absolute atomic E-state index is 0.000699. The minimum Gasteiger partial charge on any atom is -0.757 e.